The monoisotopic (exact) mass is 233 g/mol. The Morgan fingerprint density at radius 1 is 1.50 bits per heavy atom. The predicted molar refractivity (Wildman–Crippen MR) is 53.4 cm³/mol. The number of amides is 1. The summed E-state index contributed by atoms with van der Waals surface area (Å²) in [6.45, 7) is 3.79. The van der Waals surface area contributed by atoms with Crippen LogP contribution in [-0.2, 0) is 4.79 Å². The van der Waals surface area contributed by atoms with Crippen molar-refractivity contribution in [1.82, 2.24) is 4.90 Å². The van der Waals surface area contributed by atoms with E-state index in [9.17, 15) is 4.79 Å². The summed E-state index contributed by atoms with van der Waals surface area (Å²) in [5.41, 5.74) is 0. The van der Waals surface area contributed by atoms with Gasteiger partial charge in [0, 0.05) is 13.1 Å². The van der Waals surface area contributed by atoms with Crippen LogP contribution in [0.1, 0.15) is 33.1 Å². The molecule has 0 aliphatic heterocycles. The first-order valence-electron chi connectivity index (χ1n) is 4.39. The van der Waals surface area contributed by atoms with E-state index in [1.165, 1.54) is 19.3 Å². The van der Waals surface area contributed by atoms with Crippen LogP contribution in [0.5, 0.6) is 0 Å². The average Bonchev–Trinajstić information content (AvgIpc) is 1.79. The summed E-state index contributed by atoms with van der Waals surface area (Å²) in [6.07, 6.45) is 3.61. The van der Waals surface area contributed by atoms with E-state index in [4.69, 9.17) is 0 Å². The Balaban J connectivity index is 2.51. The van der Waals surface area contributed by atoms with E-state index in [0.717, 1.165) is 0 Å². The van der Waals surface area contributed by atoms with Crippen molar-refractivity contribution in [2.45, 2.75) is 43.5 Å². The van der Waals surface area contributed by atoms with Gasteiger partial charge >= 0.3 is 0 Å². The van der Waals surface area contributed by atoms with Gasteiger partial charge in [-0.3, -0.25) is 4.79 Å². The maximum absolute atomic E-state index is 11.7. The number of hydrogen-bond donors (Lipinski definition) is 0. The highest BCUT2D eigenvalue weighted by atomic mass is 79.9. The maximum Gasteiger partial charge on any atom is 0.238 e. The third-order valence-electron chi connectivity index (χ3n) is 2.45. The highest BCUT2D eigenvalue weighted by molar-refractivity contribution is 9.10. The lowest BCUT2D eigenvalue weighted by Gasteiger charge is -2.37. The molecule has 1 rings (SSSR count). The third kappa shape index (κ3) is 2.00. The van der Waals surface area contributed by atoms with Crippen LogP contribution in [0.15, 0.2) is 0 Å². The van der Waals surface area contributed by atoms with Gasteiger partial charge in [-0.1, -0.05) is 15.9 Å². The van der Waals surface area contributed by atoms with Gasteiger partial charge in [-0.2, -0.15) is 0 Å². The minimum Gasteiger partial charge on any atom is -0.342 e. The summed E-state index contributed by atoms with van der Waals surface area (Å²) >= 11 is 3.37. The fourth-order valence-electron chi connectivity index (χ4n) is 1.36. The number of carbonyl (C=O) groups is 1. The molecule has 0 radical (unpaired) electrons. The lowest BCUT2D eigenvalue weighted by atomic mass is 9.91. The molecule has 0 aromatic carbocycles. The summed E-state index contributed by atoms with van der Waals surface area (Å²) in [5.74, 6) is 0.187. The van der Waals surface area contributed by atoms with E-state index in [1.54, 1.807) is 0 Å². The second kappa shape index (κ2) is 3.36. The smallest absolute Gasteiger partial charge is 0.238 e. The molecule has 12 heavy (non-hydrogen) atoms. The van der Waals surface area contributed by atoms with Gasteiger partial charge in [-0.25, -0.2) is 0 Å². The Morgan fingerprint density at radius 2 is 2.00 bits per heavy atom. The lowest BCUT2D eigenvalue weighted by Crippen LogP contribution is -2.47. The van der Waals surface area contributed by atoms with Crippen molar-refractivity contribution in [3.63, 3.8) is 0 Å². The number of nitrogens with zero attached hydrogens (tertiary/aromatic N) is 1. The zero-order valence-electron chi connectivity index (χ0n) is 7.93. The van der Waals surface area contributed by atoms with Crippen molar-refractivity contribution < 1.29 is 4.79 Å². The Bertz CT molecular complexity index is 181. The summed E-state index contributed by atoms with van der Waals surface area (Å²) in [7, 11) is 1.90. The SMILES string of the molecule is CN(C(=O)C(C)(C)Br)C1CCC1. The van der Waals surface area contributed by atoms with Crippen molar-refractivity contribution in [3.8, 4) is 0 Å². The van der Waals surface area contributed by atoms with Crippen molar-refractivity contribution in [1.29, 1.82) is 0 Å². The lowest BCUT2D eigenvalue weighted by molar-refractivity contribution is -0.135. The van der Waals surface area contributed by atoms with Gasteiger partial charge in [0.2, 0.25) is 5.91 Å². The highest BCUT2D eigenvalue weighted by Gasteiger charge is 2.33. The first-order chi connectivity index (χ1) is 5.43. The molecule has 0 aromatic rings. The van der Waals surface area contributed by atoms with Gasteiger partial charge in [-0.05, 0) is 33.1 Å². The molecule has 1 aliphatic rings. The number of alkyl halides is 1. The third-order valence-corrected chi connectivity index (χ3v) is 2.79. The predicted octanol–water partition coefficient (Wildman–Crippen LogP) is 2.17. The number of carbonyl (C=O) groups excluding carboxylic acids is 1. The number of rotatable bonds is 2. The van der Waals surface area contributed by atoms with Gasteiger partial charge in [0.25, 0.3) is 0 Å². The molecule has 70 valence electrons. The molecule has 0 heterocycles. The fourth-order valence-corrected chi connectivity index (χ4v) is 1.64. The largest absolute Gasteiger partial charge is 0.342 e. The summed E-state index contributed by atoms with van der Waals surface area (Å²) < 4.78 is -0.405. The van der Waals surface area contributed by atoms with Crippen molar-refractivity contribution >= 4 is 21.8 Å². The molecule has 0 aromatic heterocycles. The van der Waals surface area contributed by atoms with E-state index in [0.29, 0.717) is 6.04 Å². The maximum atomic E-state index is 11.7. The van der Waals surface area contributed by atoms with E-state index in [2.05, 4.69) is 15.9 Å². The molecule has 0 bridgehead atoms. The van der Waals surface area contributed by atoms with Crippen molar-refractivity contribution in [2.24, 2.45) is 0 Å². The molecule has 1 aliphatic carbocycles. The zero-order valence-corrected chi connectivity index (χ0v) is 9.52. The Labute approximate surface area is 82.4 Å². The quantitative estimate of drug-likeness (QED) is 0.670. The van der Waals surface area contributed by atoms with Gasteiger partial charge < -0.3 is 4.90 Å². The topological polar surface area (TPSA) is 20.3 Å². The first-order valence-corrected chi connectivity index (χ1v) is 5.18. The average molecular weight is 234 g/mol. The summed E-state index contributed by atoms with van der Waals surface area (Å²) in [5, 5.41) is 0. The molecule has 0 saturated heterocycles. The second-order valence-electron chi connectivity index (χ2n) is 3.97. The Morgan fingerprint density at radius 3 is 2.25 bits per heavy atom. The van der Waals surface area contributed by atoms with E-state index < -0.39 is 4.32 Å². The van der Waals surface area contributed by atoms with Crippen molar-refractivity contribution in [3.05, 3.63) is 0 Å². The van der Waals surface area contributed by atoms with Crippen LogP contribution >= 0.6 is 15.9 Å². The molecule has 3 heteroatoms. The van der Waals surface area contributed by atoms with Crippen LogP contribution in [-0.4, -0.2) is 28.2 Å². The fraction of sp³-hybridized carbons (Fsp3) is 0.889. The molecule has 0 N–H and O–H groups in total. The van der Waals surface area contributed by atoms with E-state index in [-0.39, 0.29) is 5.91 Å². The first kappa shape index (κ1) is 10.0. The zero-order chi connectivity index (χ0) is 9.35. The van der Waals surface area contributed by atoms with Crippen LogP contribution in [0.3, 0.4) is 0 Å². The van der Waals surface area contributed by atoms with Crippen LogP contribution < -0.4 is 0 Å². The number of hydrogen-bond acceptors (Lipinski definition) is 1. The molecule has 1 amide bonds. The Hall–Kier alpha value is -0.0500. The second-order valence-corrected chi connectivity index (χ2v) is 5.96. The molecule has 0 spiro atoms. The van der Waals surface area contributed by atoms with E-state index >= 15 is 0 Å². The minimum absolute atomic E-state index is 0.187. The normalized spacial score (nSPS) is 18.7. The molecular formula is C9H16BrNO. The van der Waals surface area contributed by atoms with Crippen LogP contribution in [0.2, 0.25) is 0 Å². The summed E-state index contributed by atoms with van der Waals surface area (Å²) in [4.78, 5) is 13.6. The van der Waals surface area contributed by atoms with Crippen LogP contribution in [0.25, 0.3) is 0 Å². The molecule has 0 atom stereocenters. The van der Waals surface area contributed by atoms with E-state index in [1.807, 2.05) is 25.8 Å². The van der Waals surface area contributed by atoms with Crippen LogP contribution in [0.4, 0.5) is 0 Å². The number of halogens is 1. The van der Waals surface area contributed by atoms with Gasteiger partial charge in [0.05, 0.1) is 4.32 Å². The molecule has 0 unspecified atom stereocenters. The molecule has 1 saturated carbocycles. The highest BCUT2D eigenvalue weighted by Crippen LogP contribution is 2.27. The standard InChI is InChI=1S/C9H16BrNO/c1-9(2,10)8(12)11(3)7-5-4-6-7/h7H,4-6H2,1-3H3. The van der Waals surface area contributed by atoms with Crippen LogP contribution in [0, 0.1) is 0 Å². The van der Waals surface area contributed by atoms with Gasteiger partial charge in [0.15, 0.2) is 0 Å². The molecule has 1 fully saturated rings. The minimum atomic E-state index is -0.405. The Kier molecular flexibility index (Phi) is 2.81. The summed E-state index contributed by atoms with van der Waals surface area (Å²) in [6, 6.07) is 0.495. The van der Waals surface area contributed by atoms with Gasteiger partial charge in [-0.15, -0.1) is 0 Å². The van der Waals surface area contributed by atoms with Crippen molar-refractivity contribution in [2.75, 3.05) is 7.05 Å². The molecular weight excluding hydrogens is 218 g/mol. The molecule has 2 nitrogen and oxygen atoms in total. The van der Waals surface area contributed by atoms with Gasteiger partial charge in [0.1, 0.15) is 0 Å².